The second kappa shape index (κ2) is 6.26. The number of carboxylic acid groups (broad SMARTS) is 1. The molecule has 0 radical (unpaired) electrons. The number of fused-ring (bicyclic) bond motifs is 1. The van der Waals surface area contributed by atoms with E-state index in [-0.39, 0.29) is 0 Å². The van der Waals surface area contributed by atoms with Crippen LogP contribution < -0.4 is 10.2 Å². The standard InChI is InChI=1S/C20H21N3O2/c1-2-23-16-10-6-9-15(14-7-4-3-5-8-14)17(16)18(19(23)20(24)25)22-12-11-21-13-22/h3-10,21H,2,11-13H2,1H3,(H,24,25). The van der Waals surface area contributed by atoms with Gasteiger partial charge in [-0.2, -0.15) is 0 Å². The number of hydrogen-bond donors (Lipinski definition) is 2. The largest absolute Gasteiger partial charge is 0.477 e. The molecular weight excluding hydrogens is 314 g/mol. The van der Waals surface area contributed by atoms with Gasteiger partial charge in [0.1, 0.15) is 0 Å². The van der Waals surface area contributed by atoms with Crippen LogP contribution in [-0.4, -0.2) is 35.4 Å². The second-order valence-electron chi connectivity index (χ2n) is 6.23. The fraction of sp³-hybridized carbons (Fsp3) is 0.250. The van der Waals surface area contributed by atoms with Crippen molar-refractivity contribution in [1.29, 1.82) is 0 Å². The third kappa shape index (κ3) is 2.48. The smallest absolute Gasteiger partial charge is 0.354 e. The van der Waals surface area contributed by atoms with Gasteiger partial charge in [-0.1, -0.05) is 42.5 Å². The van der Waals surface area contributed by atoms with E-state index in [1.807, 2.05) is 41.8 Å². The molecule has 1 aromatic heterocycles. The summed E-state index contributed by atoms with van der Waals surface area (Å²) in [6.07, 6.45) is 0. The van der Waals surface area contributed by atoms with Crippen LogP contribution in [0, 0.1) is 0 Å². The van der Waals surface area contributed by atoms with Crippen molar-refractivity contribution in [1.82, 2.24) is 9.88 Å². The minimum absolute atomic E-state index is 0.379. The lowest BCUT2D eigenvalue weighted by Gasteiger charge is -2.18. The summed E-state index contributed by atoms with van der Waals surface area (Å²) < 4.78 is 1.91. The monoisotopic (exact) mass is 335 g/mol. The summed E-state index contributed by atoms with van der Waals surface area (Å²) in [7, 11) is 0. The average molecular weight is 335 g/mol. The van der Waals surface area contributed by atoms with Gasteiger partial charge in [0.15, 0.2) is 5.69 Å². The molecule has 0 bridgehead atoms. The molecule has 0 amide bonds. The molecule has 0 spiro atoms. The minimum atomic E-state index is -0.876. The van der Waals surface area contributed by atoms with Gasteiger partial charge in [-0.05, 0) is 24.1 Å². The molecule has 128 valence electrons. The Labute approximate surface area is 146 Å². The van der Waals surface area contributed by atoms with Crippen LogP contribution in [0.4, 0.5) is 5.69 Å². The molecule has 3 aromatic rings. The Kier molecular flexibility index (Phi) is 3.93. The summed E-state index contributed by atoms with van der Waals surface area (Å²) in [5.74, 6) is -0.876. The van der Waals surface area contributed by atoms with E-state index < -0.39 is 5.97 Å². The first-order valence-corrected chi connectivity index (χ1v) is 8.62. The van der Waals surface area contributed by atoms with Crippen LogP contribution in [0.2, 0.25) is 0 Å². The van der Waals surface area contributed by atoms with E-state index in [1.165, 1.54) is 0 Å². The van der Waals surface area contributed by atoms with Crippen molar-refractivity contribution in [2.45, 2.75) is 13.5 Å². The zero-order valence-corrected chi connectivity index (χ0v) is 14.2. The van der Waals surface area contributed by atoms with Gasteiger partial charge in [-0.25, -0.2) is 4.79 Å². The normalized spacial score (nSPS) is 14.4. The maximum absolute atomic E-state index is 12.1. The molecule has 4 rings (SSSR count). The molecule has 1 saturated heterocycles. The van der Waals surface area contributed by atoms with Gasteiger partial charge in [-0.3, -0.25) is 5.32 Å². The molecule has 0 aliphatic carbocycles. The van der Waals surface area contributed by atoms with E-state index in [0.29, 0.717) is 18.9 Å². The summed E-state index contributed by atoms with van der Waals surface area (Å²) in [4.78, 5) is 14.3. The number of benzene rings is 2. The quantitative estimate of drug-likeness (QED) is 0.767. The van der Waals surface area contributed by atoms with Crippen LogP contribution in [0.3, 0.4) is 0 Å². The number of carbonyl (C=O) groups is 1. The Hall–Kier alpha value is -2.79. The molecule has 2 aromatic carbocycles. The van der Waals surface area contributed by atoms with E-state index in [9.17, 15) is 9.90 Å². The number of nitrogens with zero attached hydrogens (tertiary/aromatic N) is 2. The molecule has 5 heteroatoms. The SMILES string of the molecule is CCn1c(C(=O)O)c(N2CCNC2)c2c(-c3ccccc3)cccc21. The summed E-state index contributed by atoms with van der Waals surface area (Å²) >= 11 is 0. The van der Waals surface area contributed by atoms with Gasteiger partial charge in [0.25, 0.3) is 0 Å². The lowest BCUT2D eigenvalue weighted by molar-refractivity contribution is 0.0686. The Morgan fingerprint density at radius 2 is 1.96 bits per heavy atom. The van der Waals surface area contributed by atoms with Crippen LogP contribution in [0.15, 0.2) is 48.5 Å². The lowest BCUT2D eigenvalue weighted by atomic mass is 10.00. The van der Waals surface area contributed by atoms with Crippen molar-refractivity contribution in [3.63, 3.8) is 0 Å². The van der Waals surface area contributed by atoms with Gasteiger partial charge in [0.2, 0.25) is 0 Å². The lowest BCUT2D eigenvalue weighted by Crippen LogP contribution is -2.23. The summed E-state index contributed by atoms with van der Waals surface area (Å²) in [6.45, 7) is 4.97. The summed E-state index contributed by atoms with van der Waals surface area (Å²) in [6, 6.07) is 16.3. The number of anilines is 1. The van der Waals surface area contributed by atoms with Crippen LogP contribution in [0.1, 0.15) is 17.4 Å². The number of carboxylic acids is 1. The van der Waals surface area contributed by atoms with Crippen molar-refractivity contribution < 1.29 is 9.90 Å². The van der Waals surface area contributed by atoms with Crippen molar-refractivity contribution in [2.24, 2.45) is 0 Å². The van der Waals surface area contributed by atoms with Crippen LogP contribution in [-0.2, 0) is 6.54 Å². The molecule has 0 unspecified atom stereocenters. The first-order chi connectivity index (χ1) is 12.2. The molecule has 0 atom stereocenters. The van der Waals surface area contributed by atoms with Gasteiger partial charge in [0, 0.05) is 25.0 Å². The molecule has 5 nitrogen and oxygen atoms in total. The zero-order valence-electron chi connectivity index (χ0n) is 14.2. The number of aromatic carboxylic acids is 1. The fourth-order valence-electron chi connectivity index (χ4n) is 3.79. The Bertz CT molecular complexity index is 925. The highest BCUT2D eigenvalue weighted by Crippen LogP contribution is 2.40. The van der Waals surface area contributed by atoms with Crippen molar-refractivity contribution in [3.05, 3.63) is 54.2 Å². The highest BCUT2D eigenvalue weighted by atomic mass is 16.4. The highest BCUT2D eigenvalue weighted by molar-refractivity contribution is 6.12. The van der Waals surface area contributed by atoms with Gasteiger partial charge >= 0.3 is 5.97 Å². The number of nitrogens with one attached hydrogen (secondary N) is 1. The first-order valence-electron chi connectivity index (χ1n) is 8.62. The van der Waals surface area contributed by atoms with E-state index in [4.69, 9.17) is 0 Å². The number of aryl methyl sites for hydroxylation is 1. The second-order valence-corrected chi connectivity index (χ2v) is 6.23. The van der Waals surface area contributed by atoms with Crippen molar-refractivity contribution in [3.8, 4) is 11.1 Å². The summed E-state index contributed by atoms with van der Waals surface area (Å²) in [5, 5.41) is 14.3. The molecule has 1 aliphatic heterocycles. The van der Waals surface area contributed by atoms with E-state index in [1.54, 1.807) is 0 Å². The topological polar surface area (TPSA) is 57.5 Å². The van der Waals surface area contributed by atoms with Crippen molar-refractivity contribution >= 4 is 22.6 Å². The van der Waals surface area contributed by atoms with Gasteiger partial charge < -0.3 is 14.6 Å². The van der Waals surface area contributed by atoms with Gasteiger partial charge in [0.05, 0.1) is 17.9 Å². The Morgan fingerprint density at radius 1 is 1.16 bits per heavy atom. The first kappa shape index (κ1) is 15.7. The maximum atomic E-state index is 12.1. The van der Waals surface area contributed by atoms with Crippen LogP contribution in [0.5, 0.6) is 0 Å². The molecule has 2 N–H and O–H groups in total. The summed E-state index contributed by atoms with van der Waals surface area (Å²) in [5.41, 5.74) is 4.36. The Balaban J connectivity index is 2.10. The molecule has 0 saturated carbocycles. The van der Waals surface area contributed by atoms with Gasteiger partial charge in [-0.15, -0.1) is 0 Å². The van der Waals surface area contributed by atoms with Crippen LogP contribution >= 0.6 is 0 Å². The maximum Gasteiger partial charge on any atom is 0.354 e. The number of aromatic nitrogens is 1. The number of hydrogen-bond acceptors (Lipinski definition) is 3. The van der Waals surface area contributed by atoms with E-state index in [0.717, 1.165) is 40.8 Å². The number of rotatable bonds is 4. The average Bonchev–Trinajstić information content (AvgIpc) is 3.27. The van der Waals surface area contributed by atoms with Crippen LogP contribution in [0.25, 0.3) is 22.0 Å². The zero-order chi connectivity index (χ0) is 17.4. The van der Waals surface area contributed by atoms with Crippen molar-refractivity contribution in [2.75, 3.05) is 24.7 Å². The molecule has 2 heterocycles. The van der Waals surface area contributed by atoms with E-state index in [2.05, 4.69) is 28.4 Å². The predicted molar refractivity (Wildman–Crippen MR) is 100 cm³/mol. The third-order valence-corrected chi connectivity index (χ3v) is 4.85. The predicted octanol–water partition coefficient (Wildman–Crippen LogP) is 3.39. The third-order valence-electron chi connectivity index (χ3n) is 4.85. The molecule has 1 aliphatic rings. The molecular formula is C20H21N3O2. The minimum Gasteiger partial charge on any atom is -0.477 e. The van der Waals surface area contributed by atoms with E-state index >= 15 is 0 Å². The highest BCUT2D eigenvalue weighted by Gasteiger charge is 2.28. The molecule has 25 heavy (non-hydrogen) atoms. The Morgan fingerprint density at radius 3 is 2.60 bits per heavy atom. The molecule has 1 fully saturated rings. The fourth-order valence-corrected chi connectivity index (χ4v) is 3.79.